The van der Waals surface area contributed by atoms with Crippen LogP contribution in [0, 0.1) is 6.92 Å². The Kier molecular flexibility index (Phi) is 3.74. The first-order valence-corrected chi connectivity index (χ1v) is 4.22. The molecule has 0 atom stereocenters. The maximum atomic E-state index is 4.97. The highest BCUT2D eigenvalue weighted by Gasteiger charge is 1.93. The van der Waals surface area contributed by atoms with Gasteiger partial charge >= 0.3 is 0 Å². The zero-order valence-electron chi connectivity index (χ0n) is 7.71. The summed E-state index contributed by atoms with van der Waals surface area (Å²) in [5.41, 5.74) is 2.52. The number of pyridine rings is 1. The zero-order chi connectivity index (χ0) is 8.81. The van der Waals surface area contributed by atoms with Crippen molar-refractivity contribution in [3.63, 3.8) is 0 Å². The molecule has 0 N–H and O–H groups in total. The largest absolute Gasteiger partial charge is 0.385 e. The minimum atomic E-state index is 0.827. The first-order valence-electron chi connectivity index (χ1n) is 4.22. The Hall–Kier alpha value is -0.890. The number of hydrogen-bond donors (Lipinski definition) is 0. The lowest BCUT2D eigenvalue weighted by atomic mass is 10.1. The van der Waals surface area contributed by atoms with Gasteiger partial charge in [-0.25, -0.2) is 0 Å². The molecule has 1 aromatic heterocycles. The minimum Gasteiger partial charge on any atom is -0.385 e. The summed E-state index contributed by atoms with van der Waals surface area (Å²) in [6.45, 7) is 2.89. The van der Waals surface area contributed by atoms with Crippen molar-refractivity contribution in [3.05, 3.63) is 29.6 Å². The van der Waals surface area contributed by atoms with E-state index in [1.165, 1.54) is 11.1 Å². The lowest BCUT2D eigenvalue weighted by Crippen LogP contribution is -1.93. The second-order valence-corrected chi connectivity index (χ2v) is 2.97. The third kappa shape index (κ3) is 3.01. The zero-order valence-corrected chi connectivity index (χ0v) is 7.71. The number of ether oxygens (including phenoxy) is 1. The fraction of sp³-hybridized carbons (Fsp3) is 0.500. The van der Waals surface area contributed by atoms with Crippen molar-refractivity contribution in [1.82, 2.24) is 4.98 Å². The molecule has 0 aliphatic heterocycles. The van der Waals surface area contributed by atoms with Gasteiger partial charge in [0.1, 0.15) is 0 Å². The molecule has 1 aromatic rings. The van der Waals surface area contributed by atoms with E-state index in [9.17, 15) is 0 Å². The van der Waals surface area contributed by atoms with Crippen molar-refractivity contribution in [2.75, 3.05) is 13.7 Å². The summed E-state index contributed by atoms with van der Waals surface area (Å²) in [4.78, 5) is 4.12. The van der Waals surface area contributed by atoms with E-state index in [-0.39, 0.29) is 0 Å². The SMILES string of the molecule is COCCCc1cncc(C)c1. The molecule has 0 radical (unpaired) electrons. The molecule has 0 amide bonds. The highest BCUT2D eigenvalue weighted by atomic mass is 16.5. The molecule has 0 aliphatic rings. The molecule has 0 aromatic carbocycles. The molecule has 2 nitrogen and oxygen atoms in total. The van der Waals surface area contributed by atoms with Crippen molar-refractivity contribution in [2.45, 2.75) is 19.8 Å². The molecule has 0 bridgehead atoms. The van der Waals surface area contributed by atoms with E-state index >= 15 is 0 Å². The number of methoxy groups -OCH3 is 1. The Balaban J connectivity index is 2.41. The fourth-order valence-electron chi connectivity index (χ4n) is 1.17. The topological polar surface area (TPSA) is 22.1 Å². The highest BCUT2D eigenvalue weighted by Crippen LogP contribution is 2.03. The normalized spacial score (nSPS) is 10.2. The first kappa shape index (κ1) is 9.20. The summed E-state index contributed by atoms with van der Waals surface area (Å²) in [5, 5.41) is 0. The summed E-state index contributed by atoms with van der Waals surface area (Å²) >= 11 is 0. The second-order valence-electron chi connectivity index (χ2n) is 2.97. The lowest BCUT2D eigenvalue weighted by molar-refractivity contribution is 0.195. The van der Waals surface area contributed by atoms with Crippen LogP contribution in [0.2, 0.25) is 0 Å². The molecular formula is C10H15NO. The van der Waals surface area contributed by atoms with E-state index in [1.54, 1.807) is 7.11 Å². The van der Waals surface area contributed by atoms with Crippen LogP contribution < -0.4 is 0 Å². The number of nitrogens with zero attached hydrogens (tertiary/aromatic N) is 1. The number of aryl methyl sites for hydroxylation is 2. The van der Waals surface area contributed by atoms with Crippen LogP contribution in [0.3, 0.4) is 0 Å². The van der Waals surface area contributed by atoms with Gasteiger partial charge in [-0.3, -0.25) is 4.98 Å². The van der Waals surface area contributed by atoms with Gasteiger partial charge in [0.2, 0.25) is 0 Å². The molecule has 0 saturated heterocycles. The van der Waals surface area contributed by atoms with Crippen molar-refractivity contribution in [3.8, 4) is 0 Å². The van der Waals surface area contributed by atoms with E-state index in [0.29, 0.717) is 0 Å². The average molecular weight is 165 g/mol. The molecule has 2 heteroatoms. The Morgan fingerprint density at radius 2 is 2.25 bits per heavy atom. The summed E-state index contributed by atoms with van der Waals surface area (Å²) in [7, 11) is 1.73. The second kappa shape index (κ2) is 4.88. The van der Waals surface area contributed by atoms with Gasteiger partial charge in [0.05, 0.1) is 0 Å². The minimum absolute atomic E-state index is 0.827. The van der Waals surface area contributed by atoms with Gasteiger partial charge in [-0.05, 0) is 30.9 Å². The van der Waals surface area contributed by atoms with Gasteiger partial charge in [-0.15, -0.1) is 0 Å². The molecule has 1 heterocycles. The van der Waals surface area contributed by atoms with Crippen LogP contribution in [-0.4, -0.2) is 18.7 Å². The van der Waals surface area contributed by atoms with E-state index in [2.05, 4.69) is 18.0 Å². The number of rotatable bonds is 4. The Morgan fingerprint density at radius 1 is 1.42 bits per heavy atom. The molecule has 0 saturated carbocycles. The van der Waals surface area contributed by atoms with E-state index in [0.717, 1.165) is 19.4 Å². The monoisotopic (exact) mass is 165 g/mol. The third-order valence-electron chi connectivity index (χ3n) is 1.75. The maximum Gasteiger partial charge on any atom is 0.0465 e. The summed E-state index contributed by atoms with van der Waals surface area (Å²) < 4.78 is 4.97. The van der Waals surface area contributed by atoms with Crippen molar-refractivity contribution < 1.29 is 4.74 Å². The Labute approximate surface area is 73.6 Å². The van der Waals surface area contributed by atoms with Crippen LogP contribution in [0.25, 0.3) is 0 Å². The van der Waals surface area contributed by atoms with Gasteiger partial charge < -0.3 is 4.74 Å². The van der Waals surface area contributed by atoms with Gasteiger partial charge in [0, 0.05) is 26.1 Å². The van der Waals surface area contributed by atoms with Crippen LogP contribution in [0.1, 0.15) is 17.5 Å². The molecule has 0 fully saturated rings. The van der Waals surface area contributed by atoms with Crippen molar-refractivity contribution in [1.29, 1.82) is 0 Å². The van der Waals surface area contributed by atoms with E-state index in [4.69, 9.17) is 4.74 Å². The maximum absolute atomic E-state index is 4.97. The summed E-state index contributed by atoms with van der Waals surface area (Å²) in [6.07, 6.45) is 5.92. The van der Waals surface area contributed by atoms with Gasteiger partial charge in [-0.2, -0.15) is 0 Å². The first-order chi connectivity index (χ1) is 5.83. The molecule has 0 unspecified atom stereocenters. The standard InChI is InChI=1S/C10H15NO/c1-9-6-10(8-11-7-9)4-3-5-12-2/h6-8H,3-5H2,1-2H3. The van der Waals surface area contributed by atoms with Crippen LogP contribution in [-0.2, 0) is 11.2 Å². The smallest absolute Gasteiger partial charge is 0.0465 e. The quantitative estimate of drug-likeness (QED) is 0.636. The Morgan fingerprint density at radius 3 is 2.92 bits per heavy atom. The summed E-state index contributed by atoms with van der Waals surface area (Å²) in [6, 6.07) is 2.17. The molecule has 0 aliphatic carbocycles. The van der Waals surface area contributed by atoms with Crippen LogP contribution in [0.5, 0.6) is 0 Å². The average Bonchev–Trinajstić information content (AvgIpc) is 2.05. The predicted molar refractivity (Wildman–Crippen MR) is 49.2 cm³/mol. The fourth-order valence-corrected chi connectivity index (χ4v) is 1.17. The van der Waals surface area contributed by atoms with E-state index < -0.39 is 0 Å². The molecule has 12 heavy (non-hydrogen) atoms. The highest BCUT2D eigenvalue weighted by molar-refractivity contribution is 5.16. The van der Waals surface area contributed by atoms with Crippen LogP contribution in [0.15, 0.2) is 18.5 Å². The molecule has 0 spiro atoms. The Bertz CT molecular complexity index is 235. The van der Waals surface area contributed by atoms with Gasteiger partial charge in [-0.1, -0.05) is 6.07 Å². The number of hydrogen-bond acceptors (Lipinski definition) is 2. The molecular weight excluding hydrogens is 150 g/mol. The third-order valence-corrected chi connectivity index (χ3v) is 1.75. The van der Waals surface area contributed by atoms with Gasteiger partial charge in [0.25, 0.3) is 0 Å². The van der Waals surface area contributed by atoms with Crippen molar-refractivity contribution >= 4 is 0 Å². The van der Waals surface area contributed by atoms with E-state index in [1.807, 2.05) is 12.4 Å². The summed E-state index contributed by atoms with van der Waals surface area (Å²) in [5.74, 6) is 0. The van der Waals surface area contributed by atoms with Crippen LogP contribution in [0.4, 0.5) is 0 Å². The number of aromatic nitrogens is 1. The van der Waals surface area contributed by atoms with Crippen molar-refractivity contribution in [2.24, 2.45) is 0 Å². The van der Waals surface area contributed by atoms with Gasteiger partial charge in [0.15, 0.2) is 0 Å². The molecule has 1 rings (SSSR count). The molecule has 66 valence electrons. The lowest BCUT2D eigenvalue weighted by Gasteiger charge is -2.00. The van der Waals surface area contributed by atoms with Crippen LogP contribution >= 0.6 is 0 Å². The predicted octanol–water partition coefficient (Wildman–Crippen LogP) is 1.97.